The number of hydrogen-bond donors (Lipinski definition) is 1. The topological polar surface area (TPSA) is 42.8 Å². The van der Waals surface area contributed by atoms with Crippen LogP contribution in [0.15, 0.2) is 18.2 Å². The molecular weight excluding hydrogens is 260 g/mol. The molecule has 2 rings (SSSR count). The third-order valence-corrected chi connectivity index (χ3v) is 2.72. The van der Waals surface area contributed by atoms with Gasteiger partial charge in [0.25, 0.3) is 0 Å². The van der Waals surface area contributed by atoms with Crippen molar-refractivity contribution in [3.63, 3.8) is 0 Å². The lowest BCUT2D eigenvalue weighted by molar-refractivity contribution is 0.274. The molecule has 0 atom stereocenters. The summed E-state index contributed by atoms with van der Waals surface area (Å²) in [7, 11) is 0. The van der Waals surface area contributed by atoms with E-state index in [1.165, 1.54) is 6.07 Å². The number of halogens is 2. The first kappa shape index (κ1) is 12.7. The highest BCUT2D eigenvalue weighted by Gasteiger charge is 2.08. The van der Waals surface area contributed by atoms with Crippen LogP contribution in [0.5, 0.6) is 5.75 Å². The summed E-state index contributed by atoms with van der Waals surface area (Å²) in [6, 6.07) is 3.14. The zero-order valence-corrected chi connectivity index (χ0v) is 10.4. The number of H-pyrrole nitrogens is 1. The molecule has 0 fully saturated rings. The molecule has 1 heterocycles. The number of ether oxygens (including phenoxy) is 1. The van der Waals surface area contributed by atoms with Gasteiger partial charge in [0.15, 0.2) is 22.2 Å². The predicted octanol–water partition coefficient (Wildman–Crippen LogP) is 2.82. The van der Waals surface area contributed by atoms with Gasteiger partial charge in [0.1, 0.15) is 12.4 Å². The Morgan fingerprint density at radius 2 is 2.22 bits per heavy atom. The lowest BCUT2D eigenvalue weighted by Crippen LogP contribution is -2.06. The number of rotatable bonds is 4. The quantitative estimate of drug-likeness (QED) is 0.869. The summed E-state index contributed by atoms with van der Waals surface area (Å²) in [4.78, 5) is 0. The fourth-order valence-corrected chi connectivity index (χ4v) is 1.80. The third kappa shape index (κ3) is 2.56. The highest BCUT2D eigenvalue weighted by molar-refractivity contribution is 7.71. The molecule has 0 aliphatic carbocycles. The highest BCUT2D eigenvalue weighted by Crippen LogP contribution is 2.18. The summed E-state index contributed by atoms with van der Waals surface area (Å²) < 4.78 is 33.5. The van der Waals surface area contributed by atoms with Gasteiger partial charge < -0.3 is 9.30 Å². The molecule has 1 aromatic carbocycles. The maximum absolute atomic E-state index is 13.3. The molecule has 0 aliphatic rings. The predicted molar refractivity (Wildman–Crippen MR) is 63.8 cm³/mol. The zero-order chi connectivity index (χ0) is 13.1. The second kappa shape index (κ2) is 5.26. The Bertz CT molecular complexity index is 609. The van der Waals surface area contributed by atoms with Gasteiger partial charge in [0.2, 0.25) is 0 Å². The molecule has 18 heavy (non-hydrogen) atoms. The molecule has 0 bridgehead atoms. The van der Waals surface area contributed by atoms with E-state index in [0.29, 0.717) is 17.1 Å². The normalized spacial score (nSPS) is 10.6. The van der Waals surface area contributed by atoms with Crippen LogP contribution in [0.2, 0.25) is 0 Å². The van der Waals surface area contributed by atoms with Crippen LogP contribution >= 0.6 is 12.2 Å². The van der Waals surface area contributed by atoms with Crippen molar-refractivity contribution in [3.05, 3.63) is 40.4 Å². The van der Waals surface area contributed by atoms with E-state index >= 15 is 0 Å². The first-order valence-corrected chi connectivity index (χ1v) is 5.74. The minimum absolute atomic E-state index is 0.0204. The van der Waals surface area contributed by atoms with Crippen molar-refractivity contribution in [1.82, 2.24) is 14.8 Å². The molecule has 0 saturated heterocycles. The summed E-state index contributed by atoms with van der Waals surface area (Å²) in [6.07, 6.45) is 0. The maximum atomic E-state index is 13.3. The second-order valence-electron chi connectivity index (χ2n) is 3.55. The van der Waals surface area contributed by atoms with E-state index in [1.54, 1.807) is 4.57 Å². The van der Waals surface area contributed by atoms with Crippen LogP contribution in [-0.4, -0.2) is 14.8 Å². The monoisotopic (exact) mass is 271 g/mol. The Balaban J connectivity index is 2.14. The van der Waals surface area contributed by atoms with Gasteiger partial charge in [-0.05, 0) is 31.3 Å². The Morgan fingerprint density at radius 1 is 1.44 bits per heavy atom. The van der Waals surface area contributed by atoms with Crippen molar-refractivity contribution in [1.29, 1.82) is 0 Å². The van der Waals surface area contributed by atoms with Crippen LogP contribution in [0.1, 0.15) is 12.7 Å². The number of aromatic nitrogens is 3. The van der Waals surface area contributed by atoms with Gasteiger partial charge in [-0.25, -0.2) is 8.78 Å². The lowest BCUT2D eigenvalue weighted by Gasteiger charge is -2.07. The van der Waals surface area contributed by atoms with E-state index in [4.69, 9.17) is 17.0 Å². The molecule has 96 valence electrons. The van der Waals surface area contributed by atoms with Crippen molar-refractivity contribution < 1.29 is 13.5 Å². The van der Waals surface area contributed by atoms with E-state index in [9.17, 15) is 8.78 Å². The van der Waals surface area contributed by atoms with Gasteiger partial charge >= 0.3 is 0 Å². The molecule has 1 aromatic heterocycles. The number of nitrogens with one attached hydrogen (secondary N) is 1. The van der Waals surface area contributed by atoms with Crippen LogP contribution in [-0.2, 0) is 13.2 Å². The van der Waals surface area contributed by atoms with Crippen molar-refractivity contribution in [2.75, 3.05) is 0 Å². The fraction of sp³-hybridized carbons (Fsp3) is 0.273. The largest absolute Gasteiger partial charge is 0.483 e. The SMILES string of the molecule is CCn1c(COc2ccc(F)cc2F)n[nH]c1=S. The summed E-state index contributed by atoms with van der Waals surface area (Å²) >= 11 is 5.01. The standard InChI is InChI=1S/C11H11F2N3OS/c1-2-16-10(14-15-11(16)18)6-17-9-4-3-7(12)5-8(9)13/h3-5H,2,6H2,1H3,(H,15,18). The molecule has 0 saturated carbocycles. The molecule has 4 nitrogen and oxygen atoms in total. The van der Waals surface area contributed by atoms with Gasteiger partial charge in [-0.3, -0.25) is 5.10 Å². The van der Waals surface area contributed by atoms with Crippen LogP contribution < -0.4 is 4.74 Å². The Hall–Kier alpha value is -1.76. The molecule has 0 radical (unpaired) electrons. The first-order chi connectivity index (χ1) is 8.61. The van der Waals surface area contributed by atoms with E-state index in [1.807, 2.05) is 6.92 Å². The third-order valence-electron chi connectivity index (χ3n) is 2.40. The number of nitrogens with zero attached hydrogens (tertiary/aromatic N) is 2. The molecule has 1 N–H and O–H groups in total. The summed E-state index contributed by atoms with van der Waals surface area (Å²) in [5, 5.41) is 6.60. The lowest BCUT2D eigenvalue weighted by atomic mass is 10.3. The van der Waals surface area contributed by atoms with Crippen molar-refractivity contribution in [2.24, 2.45) is 0 Å². The molecule has 0 aliphatic heterocycles. The minimum Gasteiger partial charge on any atom is -0.483 e. The van der Waals surface area contributed by atoms with Gasteiger partial charge in [-0.15, -0.1) is 0 Å². The van der Waals surface area contributed by atoms with Gasteiger partial charge in [0, 0.05) is 12.6 Å². The summed E-state index contributed by atoms with van der Waals surface area (Å²) in [5.41, 5.74) is 0. The van der Waals surface area contributed by atoms with Crippen molar-refractivity contribution in [2.45, 2.75) is 20.1 Å². The molecule has 0 amide bonds. The number of aromatic amines is 1. The maximum Gasteiger partial charge on any atom is 0.195 e. The van der Waals surface area contributed by atoms with Gasteiger partial charge in [0.05, 0.1) is 0 Å². The summed E-state index contributed by atoms with van der Waals surface area (Å²) in [6.45, 7) is 2.61. The second-order valence-corrected chi connectivity index (χ2v) is 3.94. The Labute approximate surface area is 107 Å². The van der Waals surface area contributed by atoms with Crippen LogP contribution in [0.25, 0.3) is 0 Å². The average molecular weight is 271 g/mol. The van der Waals surface area contributed by atoms with Crippen molar-refractivity contribution in [3.8, 4) is 5.75 Å². The van der Waals surface area contributed by atoms with Crippen molar-refractivity contribution >= 4 is 12.2 Å². The van der Waals surface area contributed by atoms with E-state index in [0.717, 1.165) is 12.1 Å². The fourth-order valence-electron chi connectivity index (χ4n) is 1.52. The molecule has 7 heteroatoms. The smallest absolute Gasteiger partial charge is 0.195 e. The van der Waals surface area contributed by atoms with E-state index < -0.39 is 11.6 Å². The number of hydrogen-bond acceptors (Lipinski definition) is 3. The molecular formula is C11H11F2N3OS. The molecule has 0 unspecified atom stereocenters. The molecule has 2 aromatic rings. The average Bonchev–Trinajstić information content (AvgIpc) is 2.69. The highest BCUT2D eigenvalue weighted by atomic mass is 32.1. The number of benzene rings is 1. The van der Waals surface area contributed by atoms with Crippen LogP contribution in [0, 0.1) is 16.4 Å². The Morgan fingerprint density at radius 3 is 2.89 bits per heavy atom. The minimum atomic E-state index is -0.743. The van der Waals surface area contributed by atoms with E-state index in [-0.39, 0.29) is 12.4 Å². The van der Waals surface area contributed by atoms with Gasteiger partial charge in [-0.2, -0.15) is 5.10 Å². The van der Waals surface area contributed by atoms with Crippen LogP contribution in [0.4, 0.5) is 8.78 Å². The van der Waals surface area contributed by atoms with Gasteiger partial charge in [-0.1, -0.05) is 0 Å². The first-order valence-electron chi connectivity index (χ1n) is 5.33. The Kier molecular flexibility index (Phi) is 3.71. The summed E-state index contributed by atoms with van der Waals surface area (Å²) in [5.74, 6) is -0.845. The molecule has 0 spiro atoms. The van der Waals surface area contributed by atoms with E-state index in [2.05, 4.69) is 10.2 Å². The van der Waals surface area contributed by atoms with Crippen LogP contribution in [0.3, 0.4) is 0 Å². The zero-order valence-electron chi connectivity index (χ0n) is 9.61.